The predicted octanol–water partition coefficient (Wildman–Crippen LogP) is 0.856. The van der Waals surface area contributed by atoms with Gasteiger partial charge in [0.15, 0.2) is 0 Å². The van der Waals surface area contributed by atoms with Gasteiger partial charge in [-0.25, -0.2) is 13.6 Å². The van der Waals surface area contributed by atoms with E-state index in [0.29, 0.717) is 13.0 Å². The molecule has 0 spiro atoms. The van der Waals surface area contributed by atoms with E-state index in [9.17, 15) is 13.5 Å². The van der Waals surface area contributed by atoms with Crippen molar-refractivity contribution in [2.24, 2.45) is 5.14 Å². The molecule has 2 rings (SSSR count). The molecule has 0 aliphatic carbocycles. The third kappa shape index (κ3) is 2.91. The van der Waals surface area contributed by atoms with E-state index in [1.54, 1.807) is 12.1 Å². The van der Waals surface area contributed by atoms with Crippen LogP contribution in [-0.2, 0) is 16.4 Å². The van der Waals surface area contributed by atoms with Crippen LogP contribution in [0.5, 0.6) is 0 Å². The first kappa shape index (κ1) is 14.3. The average molecular weight is 284 g/mol. The van der Waals surface area contributed by atoms with Crippen molar-refractivity contribution in [1.29, 1.82) is 0 Å². The number of aliphatic hydroxyl groups excluding tert-OH is 1. The Labute approximate surface area is 114 Å². The maximum atomic E-state index is 11.3. The topological polar surface area (TPSA) is 83.6 Å². The molecule has 1 unspecified atom stereocenters. The molecule has 2 atom stereocenters. The largest absolute Gasteiger partial charge is 0.391 e. The molecule has 5 nitrogen and oxygen atoms in total. The molecule has 0 radical (unpaired) electrons. The molecule has 1 aliphatic rings. The van der Waals surface area contributed by atoms with Crippen molar-refractivity contribution in [3.8, 4) is 0 Å². The maximum absolute atomic E-state index is 11.3. The summed E-state index contributed by atoms with van der Waals surface area (Å²) in [6, 6.07) is 5.20. The van der Waals surface area contributed by atoms with Crippen LogP contribution >= 0.6 is 0 Å². The van der Waals surface area contributed by atoms with Crippen molar-refractivity contribution in [2.75, 3.05) is 11.4 Å². The smallest absolute Gasteiger partial charge is 0.238 e. The van der Waals surface area contributed by atoms with Gasteiger partial charge in [0.1, 0.15) is 0 Å². The number of benzene rings is 1. The second kappa shape index (κ2) is 5.11. The fourth-order valence-electron chi connectivity index (χ4n) is 2.48. The van der Waals surface area contributed by atoms with Gasteiger partial charge in [0.25, 0.3) is 0 Å². The van der Waals surface area contributed by atoms with Crippen LogP contribution in [0.4, 0.5) is 5.69 Å². The van der Waals surface area contributed by atoms with Crippen molar-refractivity contribution in [3.63, 3.8) is 0 Å². The first-order valence-electron chi connectivity index (χ1n) is 6.43. The molecular formula is C13H20N2O3S. The molecule has 0 amide bonds. The molecule has 0 bridgehead atoms. The van der Waals surface area contributed by atoms with Gasteiger partial charge in [0.2, 0.25) is 10.0 Å². The second-order valence-electron chi connectivity index (χ2n) is 5.10. The lowest BCUT2D eigenvalue weighted by Crippen LogP contribution is -2.36. The zero-order chi connectivity index (χ0) is 14.2. The molecule has 1 aromatic carbocycles. The first-order chi connectivity index (χ1) is 8.82. The van der Waals surface area contributed by atoms with Crippen LogP contribution in [0.1, 0.15) is 25.8 Å². The van der Waals surface area contributed by atoms with Crippen molar-refractivity contribution in [3.05, 3.63) is 23.8 Å². The van der Waals surface area contributed by atoms with Gasteiger partial charge in [-0.15, -0.1) is 0 Å². The molecule has 0 saturated heterocycles. The number of anilines is 1. The lowest BCUT2D eigenvalue weighted by Gasteiger charge is -2.27. The Bertz CT molecular complexity index is 571. The summed E-state index contributed by atoms with van der Waals surface area (Å²) in [7, 11) is -3.65. The highest BCUT2D eigenvalue weighted by Gasteiger charge is 2.28. The predicted molar refractivity (Wildman–Crippen MR) is 74.6 cm³/mol. The van der Waals surface area contributed by atoms with E-state index < -0.39 is 10.0 Å². The van der Waals surface area contributed by atoms with Gasteiger partial charge in [0, 0.05) is 18.3 Å². The van der Waals surface area contributed by atoms with Crippen molar-refractivity contribution in [1.82, 2.24) is 0 Å². The van der Waals surface area contributed by atoms with Crippen LogP contribution in [0.3, 0.4) is 0 Å². The van der Waals surface area contributed by atoms with Crippen LogP contribution in [0, 0.1) is 0 Å². The fourth-order valence-corrected chi connectivity index (χ4v) is 3.05. The number of aliphatic hydroxyl groups is 1. The third-order valence-corrected chi connectivity index (χ3v) is 4.53. The summed E-state index contributed by atoms with van der Waals surface area (Å²) in [6.45, 7) is 4.58. The summed E-state index contributed by atoms with van der Waals surface area (Å²) in [5.74, 6) is 0. The molecule has 0 fully saturated rings. The highest BCUT2D eigenvalue weighted by Crippen LogP contribution is 2.33. The minimum Gasteiger partial charge on any atom is -0.391 e. The fraction of sp³-hybridized carbons (Fsp3) is 0.538. The second-order valence-corrected chi connectivity index (χ2v) is 6.66. The van der Waals surface area contributed by atoms with Crippen LogP contribution in [0.2, 0.25) is 0 Å². The van der Waals surface area contributed by atoms with Crippen molar-refractivity contribution in [2.45, 2.75) is 43.7 Å². The molecule has 0 saturated carbocycles. The van der Waals surface area contributed by atoms with Gasteiger partial charge in [-0.3, -0.25) is 0 Å². The van der Waals surface area contributed by atoms with Gasteiger partial charge < -0.3 is 10.0 Å². The first-order valence-corrected chi connectivity index (χ1v) is 7.98. The highest BCUT2D eigenvalue weighted by molar-refractivity contribution is 7.89. The van der Waals surface area contributed by atoms with Gasteiger partial charge in [-0.05, 0) is 43.5 Å². The van der Waals surface area contributed by atoms with Gasteiger partial charge in [-0.1, -0.05) is 6.92 Å². The van der Waals surface area contributed by atoms with Gasteiger partial charge in [-0.2, -0.15) is 0 Å². The SMILES string of the molecule is CC[C@@H](O)CN1c2ccc(S(N)(=O)=O)cc2CC1C. The molecule has 19 heavy (non-hydrogen) atoms. The molecular weight excluding hydrogens is 264 g/mol. The zero-order valence-corrected chi connectivity index (χ0v) is 12.0. The maximum Gasteiger partial charge on any atom is 0.238 e. The van der Waals surface area contributed by atoms with E-state index in [-0.39, 0.29) is 17.0 Å². The summed E-state index contributed by atoms with van der Waals surface area (Å²) in [4.78, 5) is 2.27. The Morgan fingerprint density at radius 3 is 2.79 bits per heavy atom. The van der Waals surface area contributed by atoms with Gasteiger partial charge >= 0.3 is 0 Å². The Morgan fingerprint density at radius 2 is 2.21 bits per heavy atom. The number of hydrogen-bond acceptors (Lipinski definition) is 4. The summed E-state index contributed by atoms with van der Waals surface area (Å²) in [5, 5.41) is 14.9. The quantitative estimate of drug-likeness (QED) is 0.859. The third-order valence-electron chi connectivity index (χ3n) is 3.62. The molecule has 0 aromatic heterocycles. The molecule has 6 heteroatoms. The number of nitrogens with two attached hydrogens (primary N) is 1. The average Bonchev–Trinajstić information content (AvgIpc) is 2.64. The monoisotopic (exact) mass is 284 g/mol. The molecule has 1 heterocycles. The number of sulfonamides is 1. The number of fused-ring (bicyclic) bond motifs is 1. The molecule has 3 N–H and O–H groups in total. The summed E-state index contributed by atoms with van der Waals surface area (Å²) in [5.41, 5.74) is 1.97. The Kier molecular flexibility index (Phi) is 3.85. The van der Waals surface area contributed by atoms with Crippen LogP contribution < -0.4 is 10.0 Å². The molecule has 1 aromatic rings. The number of β-amino-alcohol motifs (C(OH)–C–C–N with tert-alkyl or cyclic N) is 1. The minimum atomic E-state index is -3.65. The van der Waals surface area contributed by atoms with Gasteiger partial charge in [0.05, 0.1) is 11.0 Å². The van der Waals surface area contributed by atoms with Crippen LogP contribution in [-0.4, -0.2) is 32.2 Å². The van der Waals surface area contributed by atoms with E-state index in [1.807, 2.05) is 6.92 Å². The zero-order valence-electron chi connectivity index (χ0n) is 11.2. The summed E-state index contributed by atoms with van der Waals surface area (Å²) in [6.07, 6.45) is 1.11. The lowest BCUT2D eigenvalue weighted by atomic mass is 10.1. The number of hydrogen-bond donors (Lipinski definition) is 2. The Morgan fingerprint density at radius 1 is 1.53 bits per heavy atom. The summed E-state index contributed by atoms with van der Waals surface area (Å²) >= 11 is 0. The van der Waals surface area contributed by atoms with E-state index in [1.165, 1.54) is 6.07 Å². The Hall–Kier alpha value is -1.11. The molecule has 1 aliphatic heterocycles. The summed E-state index contributed by atoms with van der Waals surface area (Å²) < 4.78 is 22.7. The van der Waals surface area contributed by atoms with E-state index >= 15 is 0 Å². The number of primary sulfonamides is 1. The lowest BCUT2D eigenvalue weighted by molar-refractivity contribution is 0.174. The Balaban J connectivity index is 2.33. The normalized spacial score (nSPS) is 20.4. The van der Waals surface area contributed by atoms with E-state index in [2.05, 4.69) is 11.8 Å². The minimum absolute atomic E-state index is 0.149. The van der Waals surface area contributed by atoms with Crippen molar-refractivity contribution < 1.29 is 13.5 Å². The standard InChI is InChI=1S/C13H20N2O3S/c1-3-11(16)8-15-9(2)6-10-7-12(19(14,17)18)4-5-13(10)15/h4-5,7,9,11,16H,3,6,8H2,1-2H3,(H2,14,17,18)/t9?,11-/m1/s1. The van der Waals surface area contributed by atoms with E-state index in [4.69, 9.17) is 5.14 Å². The van der Waals surface area contributed by atoms with Crippen molar-refractivity contribution >= 4 is 15.7 Å². The molecule has 106 valence electrons. The number of rotatable bonds is 4. The van der Waals surface area contributed by atoms with E-state index in [0.717, 1.165) is 17.7 Å². The van der Waals surface area contributed by atoms with Crippen LogP contribution in [0.25, 0.3) is 0 Å². The van der Waals surface area contributed by atoms with Crippen LogP contribution in [0.15, 0.2) is 23.1 Å². The number of nitrogens with zero attached hydrogens (tertiary/aromatic N) is 1. The highest BCUT2D eigenvalue weighted by atomic mass is 32.2.